The Labute approximate surface area is 321 Å². The molecule has 4 aliphatic rings. The molecular weight excluding hydrogens is 764 g/mol. The van der Waals surface area contributed by atoms with Crippen molar-refractivity contribution >= 4 is 5.97 Å². The van der Waals surface area contributed by atoms with Gasteiger partial charge in [0.1, 0.15) is 97.7 Å². The highest BCUT2D eigenvalue weighted by Crippen LogP contribution is 2.35. The van der Waals surface area contributed by atoms with Gasteiger partial charge in [-0.05, 0) is 12.8 Å². The smallest absolute Gasteiger partial charge is 0.303 e. The molecule has 0 aromatic heterocycles. The molecular formula is C33H58O23. The number of aliphatic hydroxyl groups excluding tert-OH is 13. The lowest BCUT2D eigenvalue weighted by molar-refractivity contribution is -0.406. The van der Waals surface area contributed by atoms with Gasteiger partial charge in [0.15, 0.2) is 25.2 Å². The Morgan fingerprint density at radius 1 is 0.411 bits per heavy atom. The van der Waals surface area contributed by atoms with E-state index in [9.17, 15) is 71.2 Å². The lowest BCUT2D eigenvalue weighted by Gasteiger charge is -2.49. The minimum Gasteiger partial charge on any atom is -0.481 e. The minimum atomic E-state index is -2.02. The van der Waals surface area contributed by atoms with Crippen molar-refractivity contribution in [3.63, 3.8) is 0 Å². The van der Waals surface area contributed by atoms with E-state index in [0.717, 1.165) is 19.3 Å². The van der Waals surface area contributed by atoms with Crippen molar-refractivity contribution < 1.29 is 114 Å². The van der Waals surface area contributed by atoms with Crippen LogP contribution in [-0.2, 0) is 42.7 Å². The maximum absolute atomic E-state index is 11.3. The summed E-state index contributed by atoms with van der Waals surface area (Å²) < 4.78 is 45.8. The number of carboxylic acids is 1. The third-order valence-electron chi connectivity index (χ3n) is 10.3. The summed E-state index contributed by atoms with van der Waals surface area (Å²) in [6.45, 7) is -3.32. The molecule has 4 saturated heterocycles. The van der Waals surface area contributed by atoms with E-state index in [-0.39, 0.29) is 13.0 Å². The first-order valence-corrected chi connectivity index (χ1v) is 18.7. The van der Waals surface area contributed by atoms with Crippen LogP contribution in [0.15, 0.2) is 0 Å². The topological polar surface area (TPSA) is 374 Å². The number of rotatable bonds is 20. The fourth-order valence-corrected chi connectivity index (χ4v) is 6.89. The molecule has 4 fully saturated rings. The molecule has 0 radical (unpaired) electrons. The zero-order valence-corrected chi connectivity index (χ0v) is 30.5. The lowest BCUT2D eigenvalue weighted by Crippen LogP contribution is -2.68. The number of carboxylic acid groups (broad SMARTS) is 1. The van der Waals surface area contributed by atoms with Crippen molar-refractivity contribution in [2.24, 2.45) is 0 Å². The molecule has 0 spiro atoms. The van der Waals surface area contributed by atoms with E-state index in [2.05, 4.69) is 0 Å². The quantitative estimate of drug-likeness (QED) is 0.0507. The first-order valence-electron chi connectivity index (χ1n) is 18.7. The molecule has 4 aliphatic heterocycles. The summed E-state index contributed by atoms with van der Waals surface area (Å²) in [6.07, 6.45) is -31.7. The van der Waals surface area contributed by atoms with Gasteiger partial charge < -0.3 is 109 Å². The molecule has 0 saturated carbocycles. The van der Waals surface area contributed by atoms with Crippen LogP contribution in [0.1, 0.15) is 44.9 Å². The molecule has 0 aliphatic carbocycles. The summed E-state index contributed by atoms with van der Waals surface area (Å²) in [5.74, 6) is -0.869. The van der Waals surface area contributed by atoms with Gasteiger partial charge in [-0.3, -0.25) is 4.79 Å². The van der Waals surface area contributed by atoms with Gasteiger partial charge in [-0.2, -0.15) is 0 Å². The van der Waals surface area contributed by atoms with E-state index in [1.54, 1.807) is 0 Å². The van der Waals surface area contributed by atoms with Gasteiger partial charge in [-0.1, -0.05) is 25.7 Å². The number of hydrogen-bond acceptors (Lipinski definition) is 22. The highest BCUT2D eigenvalue weighted by molar-refractivity contribution is 5.66. The predicted octanol–water partition coefficient (Wildman–Crippen LogP) is -6.91. The third-order valence-corrected chi connectivity index (χ3v) is 10.3. The van der Waals surface area contributed by atoms with Crippen LogP contribution in [0.25, 0.3) is 0 Å². The second kappa shape index (κ2) is 22.3. The number of ether oxygens (including phenoxy) is 8. The zero-order chi connectivity index (χ0) is 41.3. The van der Waals surface area contributed by atoms with Crippen LogP contribution in [-0.4, -0.2) is 233 Å². The number of unbranched alkanes of at least 4 members (excludes halogenated alkanes) is 5. The van der Waals surface area contributed by atoms with Crippen LogP contribution in [0.4, 0.5) is 0 Å². The third kappa shape index (κ3) is 11.5. The van der Waals surface area contributed by atoms with Gasteiger partial charge >= 0.3 is 5.97 Å². The van der Waals surface area contributed by atoms with Crippen molar-refractivity contribution in [3.05, 3.63) is 0 Å². The van der Waals surface area contributed by atoms with E-state index in [0.29, 0.717) is 19.3 Å². The van der Waals surface area contributed by atoms with Crippen molar-refractivity contribution in [2.45, 2.75) is 168 Å². The molecule has 328 valence electrons. The van der Waals surface area contributed by atoms with Gasteiger partial charge in [0.05, 0.1) is 26.4 Å². The molecule has 23 heteroatoms. The maximum Gasteiger partial charge on any atom is 0.303 e. The standard InChI is InChI=1S/C33H58O23/c34-9-13-18(40)22(44)26(48)30(50-13)54-28-24(46)20(42)15(11-36)52-32(28)56-29-25(47)21(43)16(12-37)53-33(29)55-27-23(45)19(41)14(10-35)51-31(27)49-8-6-4-2-1-3-5-7-17(38)39/h13-16,18-37,40-48H,1-12H2,(H,38,39)/t13?,14?,15?,16?,18-,19-,20-,21-,22+,23+,24+,25+,26?,27?,28?,29?,30-,31+,32-,33-/m1/s1. The second-order valence-corrected chi connectivity index (χ2v) is 14.3. The predicted molar refractivity (Wildman–Crippen MR) is 178 cm³/mol. The van der Waals surface area contributed by atoms with Crippen molar-refractivity contribution in [3.8, 4) is 0 Å². The molecule has 0 bridgehead atoms. The summed E-state index contributed by atoms with van der Waals surface area (Å²) in [5.41, 5.74) is 0. The Hall–Kier alpha value is -1.37. The number of hydrogen-bond donors (Lipinski definition) is 14. The van der Waals surface area contributed by atoms with Gasteiger partial charge in [0.2, 0.25) is 0 Å². The van der Waals surface area contributed by atoms with E-state index >= 15 is 0 Å². The van der Waals surface area contributed by atoms with E-state index in [4.69, 9.17) is 43.0 Å². The van der Waals surface area contributed by atoms with Gasteiger partial charge in [0.25, 0.3) is 0 Å². The molecule has 14 N–H and O–H groups in total. The lowest BCUT2D eigenvalue weighted by atomic mass is 9.96. The van der Waals surface area contributed by atoms with E-state index in [1.807, 2.05) is 0 Å². The van der Waals surface area contributed by atoms with Crippen LogP contribution < -0.4 is 0 Å². The number of aliphatic carboxylic acids is 1. The highest BCUT2D eigenvalue weighted by Gasteiger charge is 2.56. The second-order valence-electron chi connectivity index (χ2n) is 14.3. The molecule has 0 aromatic carbocycles. The Morgan fingerprint density at radius 2 is 0.750 bits per heavy atom. The SMILES string of the molecule is O=C(O)CCCCCCCCO[C@H]1OC(CO)[C@@H](O)[C@H](O)C1O[C@H]1OC(CO)[C@@H](O)[C@H](O)C1O[C@H]1OC(CO)[C@@H](O)[C@H](O)C1O[C@H]1OC(CO)[C@@H](O)[C@H](O)C1O. The van der Waals surface area contributed by atoms with Crippen molar-refractivity contribution in [1.82, 2.24) is 0 Å². The summed E-state index contributed by atoms with van der Waals surface area (Å²) >= 11 is 0. The molecule has 56 heavy (non-hydrogen) atoms. The Morgan fingerprint density at radius 3 is 1.18 bits per heavy atom. The molecule has 4 heterocycles. The minimum absolute atomic E-state index is 0.0301. The molecule has 0 amide bonds. The monoisotopic (exact) mass is 822 g/mol. The first-order chi connectivity index (χ1) is 26.7. The van der Waals surface area contributed by atoms with Crippen LogP contribution in [0.3, 0.4) is 0 Å². The molecule has 0 aromatic rings. The van der Waals surface area contributed by atoms with E-state index in [1.165, 1.54) is 0 Å². The van der Waals surface area contributed by atoms with Crippen LogP contribution in [0.2, 0.25) is 0 Å². The Balaban J connectivity index is 1.54. The van der Waals surface area contributed by atoms with Crippen LogP contribution >= 0.6 is 0 Å². The van der Waals surface area contributed by atoms with Gasteiger partial charge in [-0.15, -0.1) is 0 Å². The fourth-order valence-electron chi connectivity index (χ4n) is 6.89. The highest BCUT2D eigenvalue weighted by atomic mass is 16.8. The summed E-state index contributed by atoms with van der Waals surface area (Å²) in [4.78, 5) is 10.7. The fraction of sp³-hybridized carbons (Fsp3) is 0.970. The molecule has 20 atom stereocenters. The van der Waals surface area contributed by atoms with Gasteiger partial charge in [-0.25, -0.2) is 0 Å². The molecule has 8 unspecified atom stereocenters. The Kier molecular flexibility index (Phi) is 18.8. The van der Waals surface area contributed by atoms with Crippen molar-refractivity contribution in [1.29, 1.82) is 0 Å². The first kappa shape index (κ1) is 47.3. The Bertz CT molecular complexity index is 1150. The number of carbonyl (C=O) groups is 1. The van der Waals surface area contributed by atoms with Crippen LogP contribution in [0, 0.1) is 0 Å². The molecule has 23 nitrogen and oxygen atoms in total. The maximum atomic E-state index is 11.3. The van der Waals surface area contributed by atoms with Crippen LogP contribution in [0.5, 0.6) is 0 Å². The zero-order valence-electron chi connectivity index (χ0n) is 30.5. The average Bonchev–Trinajstić information content (AvgIpc) is 3.18. The van der Waals surface area contributed by atoms with E-state index < -0.39 is 155 Å². The normalized spacial score (nSPS) is 44.8. The molecule has 4 rings (SSSR count). The largest absolute Gasteiger partial charge is 0.481 e. The van der Waals surface area contributed by atoms with Crippen molar-refractivity contribution in [2.75, 3.05) is 33.0 Å². The van der Waals surface area contributed by atoms with Gasteiger partial charge in [0, 0.05) is 13.0 Å². The summed E-state index contributed by atoms with van der Waals surface area (Å²) in [7, 11) is 0. The summed E-state index contributed by atoms with van der Waals surface area (Å²) in [5, 5.41) is 145. The summed E-state index contributed by atoms with van der Waals surface area (Å²) in [6, 6.07) is 0. The number of aliphatic hydroxyl groups is 13. The average molecular weight is 823 g/mol.